The molecule has 0 spiro atoms. The number of anilines is 4. The van der Waals surface area contributed by atoms with Crippen LogP contribution in [0.1, 0.15) is 48.0 Å². The van der Waals surface area contributed by atoms with E-state index in [1.165, 1.54) is 11.3 Å². The van der Waals surface area contributed by atoms with Gasteiger partial charge in [-0.25, -0.2) is 9.78 Å². The predicted molar refractivity (Wildman–Crippen MR) is 141 cm³/mol. The van der Waals surface area contributed by atoms with Crippen LogP contribution in [0.2, 0.25) is 0 Å². The number of hydrogen-bond acceptors (Lipinski definition) is 11. The molecule has 1 amide bonds. The van der Waals surface area contributed by atoms with E-state index in [2.05, 4.69) is 39.1 Å². The SMILES string of the molecule is CCOC(=O)c1sc(Nc2nc(N3CCC(N(C)C)CC3)cc(N3CCCC(C(N)=O)C3)n2)nc1C. The lowest BCUT2D eigenvalue weighted by atomic mass is 9.97. The molecule has 0 aromatic carbocycles. The average Bonchev–Trinajstić information content (AvgIpc) is 3.24. The Hall–Kier alpha value is -2.99. The first-order valence-corrected chi connectivity index (χ1v) is 13.3. The van der Waals surface area contributed by atoms with Crippen molar-refractivity contribution in [3.8, 4) is 0 Å². The van der Waals surface area contributed by atoms with Gasteiger partial charge in [-0.05, 0) is 53.6 Å². The highest BCUT2D eigenvalue weighted by atomic mass is 32.1. The van der Waals surface area contributed by atoms with Gasteiger partial charge >= 0.3 is 5.97 Å². The van der Waals surface area contributed by atoms with Gasteiger partial charge < -0.3 is 25.2 Å². The molecular weight excluding hydrogens is 480 g/mol. The molecule has 12 heteroatoms. The number of aromatic nitrogens is 3. The van der Waals surface area contributed by atoms with Crippen LogP contribution in [-0.4, -0.2) is 84.7 Å². The van der Waals surface area contributed by atoms with Gasteiger partial charge in [0.15, 0.2) is 5.13 Å². The molecule has 0 bridgehead atoms. The third-order valence-corrected chi connectivity index (χ3v) is 7.89. The number of carbonyl (C=O) groups excluding carboxylic acids is 2. The van der Waals surface area contributed by atoms with Gasteiger partial charge in [-0.2, -0.15) is 9.97 Å². The number of ether oxygens (including phenoxy) is 1. The second kappa shape index (κ2) is 11.4. The number of carbonyl (C=O) groups is 2. The van der Waals surface area contributed by atoms with E-state index in [1.54, 1.807) is 13.8 Å². The number of piperidine rings is 2. The molecule has 4 heterocycles. The molecular formula is C24H36N8O3S. The summed E-state index contributed by atoms with van der Waals surface area (Å²) >= 11 is 1.22. The van der Waals surface area contributed by atoms with Crippen molar-refractivity contribution in [2.75, 3.05) is 62.0 Å². The van der Waals surface area contributed by atoms with E-state index in [0.717, 1.165) is 57.0 Å². The summed E-state index contributed by atoms with van der Waals surface area (Å²) < 4.78 is 5.14. The van der Waals surface area contributed by atoms with Crippen LogP contribution in [0.15, 0.2) is 6.07 Å². The molecule has 0 radical (unpaired) electrons. The third kappa shape index (κ3) is 6.04. The summed E-state index contributed by atoms with van der Waals surface area (Å²) in [5.41, 5.74) is 6.22. The highest BCUT2D eigenvalue weighted by Gasteiger charge is 2.27. The minimum absolute atomic E-state index is 0.196. The lowest BCUT2D eigenvalue weighted by Gasteiger charge is -2.37. The normalized spacial score (nSPS) is 19.0. The van der Waals surface area contributed by atoms with Crippen molar-refractivity contribution in [1.82, 2.24) is 19.9 Å². The van der Waals surface area contributed by atoms with Crippen molar-refractivity contribution in [3.63, 3.8) is 0 Å². The minimum atomic E-state index is -0.384. The van der Waals surface area contributed by atoms with Crippen molar-refractivity contribution in [2.24, 2.45) is 11.7 Å². The van der Waals surface area contributed by atoms with Gasteiger partial charge in [0.05, 0.1) is 18.2 Å². The molecule has 2 aliphatic rings. The molecule has 36 heavy (non-hydrogen) atoms. The monoisotopic (exact) mass is 516 g/mol. The highest BCUT2D eigenvalue weighted by Crippen LogP contribution is 2.30. The Labute approximate surface area is 216 Å². The van der Waals surface area contributed by atoms with Crippen LogP contribution >= 0.6 is 11.3 Å². The van der Waals surface area contributed by atoms with Crippen LogP contribution in [0.4, 0.5) is 22.7 Å². The summed E-state index contributed by atoms with van der Waals surface area (Å²) in [7, 11) is 4.24. The number of amides is 1. The lowest BCUT2D eigenvalue weighted by molar-refractivity contribution is -0.122. The minimum Gasteiger partial charge on any atom is -0.462 e. The highest BCUT2D eigenvalue weighted by molar-refractivity contribution is 7.17. The zero-order valence-electron chi connectivity index (χ0n) is 21.5. The Morgan fingerprint density at radius 2 is 1.83 bits per heavy atom. The molecule has 1 atom stereocenters. The number of esters is 1. The molecule has 2 aromatic heterocycles. The quantitative estimate of drug-likeness (QED) is 0.504. The predicted octanol–water partition coefficient (Wildman–Crippen LogP) is 2.39. The Kier molecular flexibility index (Phi) is 8.24. The molecule has 0 aliphatic carbocycles. The second-order valence-electron chi connectivity index (χ2n) is 9.56. The molecule has 4 rings (SSSR count). The number of nitrogens with zero attached hydrogens (tertiary/aromatic N) is 6. The van der Waals surface area contributed by atoms with Gasteiger partial charge in [0.2, 0.25) is 11.9 Å². The maximum absolute atomic E-state index is 12.2. The summed E-state index contributed by atoms with van der Waals surface area (Å²) in [5.74, 6) is 1.14. The van der Waals surface area contributed by atoms with Crippen molar-refractivity contribution in [3.05, 3.63) is 16.6 Å². The van der Waals surface area contributed by atoms with Crippen molar-refractivity contribution >= 4 is 45.9 Å². The van der Waals surface area contributed by atoms with Crippen LogP contribution in [0.3, 0.4) is 0 Å². The first-order chi connectivity index (χ1) is 17.2. The molecule has 196 valence electrons. The molecule has 2 saturated heterocycles. The van der Waals surface area contributed by atoms with Crippen LogP contribution in [-0.2, 0) is 9.53 Å². The number of primary amides is 1. The van der Waals surface area contributed by atoms with Crippen molar-refractivity contribution in [1.29, 1.82) is 0 Å². The fourth-order valence-corrected chi connectivity index (χ4v) is 5.62. The van der Waals surface area contributed by atoms with Crippen molar-refractivity contribution < 1.29 is 14.3 Å². The molecule has 1 unspecified atom stereocenters. The number of hydrogen-bond donors (Lipinski definition) is 2. The number of nitrogens with two attached hydrogens (primary N) is 1. The van der Waals surface area contributed by atoms with Gasteiger partial charge in [0.1, 0.15) is 16.5 Å². The average molecular weight is 517 g/mol. The number of aryl methyl sites for hydroxylation is 1. The Morgan fingerprint density at radius 1 is 1.14 bits per heavy atom. The summed E-state index contributed by atoms with van der Waals surface area (Å²) in [4.78, 5) is 45.3. The summed E-state index contributed by atoms with van der Waals surface area (Å²) in [6, 6.07) is 2.56. The Balaban J connectivity index is 1.61. The van der Waals surface area contributed by atoms with E-state index < -0.39 is 0 Å². The molecule has 11 nitrogen and oxygen atoms in total. The van der Waals surface area contributed by atoms with Gasteiger partial charge in [0, 0.05) is 38.3 Å². The third-order valence-electron chi connectivity index (χ3n) is 6.84. The standard InChI is InChI=1S/C24H36N8O3S/c1-5-35-22(34)20-15(2)26-24(36-20)29-23-27-18(31-11-8-17(9-12-31)30(3)4)13-19(28-23)32-10-6-7-16(14-32)21(25)33/h13,16-17H,5-12,14H2,1-4H3,(H2,25,33)(H,26,27,28,29). The van der Waals surface area contributed by atoms with Crippen LogP contribution in [0.5, 0.6) is 0 Å². The van der Waals surface area contributed by atoms with E-state index in [1.807, 2.05) is 6.07 Å². The van der Waals surface area contributed by atoms with E-state index in [4.69, 9.17) is 20.4 Å². The first-order valence-electron chi connectivity index (χ1n) is 12.5. The van der Waals surface area contributed by atoms with Gasteiger partial charge in [0.25, 0.3) is 0 Å². The maximum atomic E-state index is 12.2. The fraction of sp³-hybridized carbons (Fsp3) is 0.625. The van der Waals surface area contributed by atoms with Crippen LogP contribution < -0.4 is 20.9 Å². The summed E-state index contributed by atoms with van der Waals surface area (Å²) in [5, 5.41) is 3.73. The zero-order valence-corrected chi connectivity index (χ0v) is 22.3. The topological polar surface area (TPSA) is 130 Å². The first kappa shape index (κ1) is 26.1. The van der Waals surface area contributed by atoms with Crippen molar-refractivity contribution in [2.45, 2.75) is 45.6 Å². The smallest absolute Gasteiger partial charge is 0.350 e. The fourth-order valence-electron chi connectivity index (χ4n) is 4.76. The number of nitrogens with one attached hydrogen (secondary N) is 1. The van der Waals surface area contributed by atoms with E-state index in [9.17, 15) is 9.59 Å². The van der Waals surface area contributed by atoms with Gasteiger partial charge in [-0.15, -0.1) is 0 Å². The zero-order chi connectivity index (χ0) is 25.8. The molecule has 2 fully saturated rings. The Morgan fingerprint density at radius 3 is 2.47 bits per heavy atom. The van der Waals surface area contributed by atoms with Gasteiger partial charge in [-0.3, -0.25) is 10.1 Å². The van der Waals surface area contributed by atoms with Gasteiger partial charge in [-0.1, -0.05) is 11.3 Å². The summed E-state index contributed by atoms with van der Waals surface area (Å²) in [6.07, 6.45) is 3.77. The maximum Gasteiger partial charge on any atom is 0.350 e. The second-order valence-corrected chi connectivity index (χ2v) is 10.6. The molecule has 2 aromatic rings. The molecule has 3 N–H and O–H groups in total. The number of thiazole rings is 1. The van der Waals surface area contributed by atoms with Crippen LogP contribution in [0.25, 0.3) is 0 Å². The van der Waals surface area contributed by atoms with E-state index >= 15 is 0 Å². The molecule has 2 aliphatic heterocycles. The lowest BCUT2D eigenvalue weighted by Crippen LogP contribution is -2.43. The molecule has 0 saturated carbocycles. The number of rotatable bonds is 8. The largest absolute Gasteiger partial charge is 0.462 e. The Bertz CT molecular complexity index is 1080. The van der Waals surface area contributed by atoms with E-state index in [0.29, 0.717) is 40.8 Å². The summed E-state index contributed by atoms with van der Waals surface area (Å²) in [6.45, 7) is 6.99. The van der Waals surface area contributed by atoms with Crippen LogP contribution in [0, 0.1) is 12.8 Å². The van der Waals surface area contributed by atoms with E-state index in [-0.39, 0.29) is 17.8 Å².